The monoisotopic (exact) mass is 576 g/mol. The molecule has 2 aromatic heterocycles. The first-order chi connectivity index (χ1) is 17.6. The van der Waals surface area contributed by atoms with Crippen molar-refractivity contribution in [1.29, 1.82) is 0 Å². The van der Waals surface area contributed by atoms with Crippen molar-refractivity contribution in [2.45, 2.75) is 49.9 Å². The van der Waals surface area contributed by atoms with Gasteiger partial charge in [0.1, 0.15) is 6.10 Å². The van der Waals surface area contributed by atoms with Gasteiger partial charge in [0.25, 0.3) is 5.88 Å². The summed E-state index contributed by atoms with van der Waals surface area (Å²) >= 11 is 1.74. The Morgan fingerprint density at radius 2 is 1.68 bits per heavy atom. The molecule has 2 N–H and O–H groups in total. The van der Waals surface area contributed by atoms with Crippen molar-refractivity contribution in [3.05, 3.63) is 46.5 Å². The van der Waals surface area contributed by atoms with Crippen LogP contribution >= 0.6 is 11.3 Å². The first-order valence-electron chi connectivity index (χ1n) is 10.9. The van der Waals surface area contributed by atoms with Gasteiger partial charge < -0.3 is 19.7 Å². The van der Waals surface area contributed by atoms with Crippen molar-refractivity contribution in [2.75, 3.05) is 19.7 Å². The summed E-state index contributed by atoms with van der Waals surface area (Å²) in [4.78, 5) is 24.2. The number of aromatic nitrogens is 1. The van der Waals surface area contributed by atoms with Crippen molar-refractivity contribution in [3.8, 4) is 5.88 Å². The predicted octanol–water partition coefficient (Wildman–Crippen LogP) is 4.75. The second-order valence-electron chi connectivity index (χ2n) is 8.24. The summed E-state index contributed by atoms with van der Waals surface area (Å²) in [5.41, 5.74) is 1.27. The molecule has 212 valence electrons. The van der Waals surface area contributed by atoms with E-state index in [1.165, 1.54) is 11.6 Å². The van der Waals surface area contributed by atoms with E-state index >= 15 is 0 Å². The molecule has 2 aliphatic rings. The van der Waals surface area contributed by atoms with Crippen molar-refractivity contribution in [1.82, 2.24) is 9.88 Å². The fraction of sp³-hybridized carbons (Fsp3) is 0.500. The predicted molar refractivity (Wildman–Crippen MR) is 118 cm³/mol. The number of carboxylic acids is 2. The highest BCUT2D eigenvalue weighted by atomic mass is 32.1. The maximum absolute atomic E-state index is 13.7. The molecular weight excluding hydrogens is 553 g/mol. The number of alkyl halides is 6. The van der Waals surface area contributed by atoms with Crippen LogP contribution in [0.3, 0.4) is 0 Å². The topological polar surface area (TPSA) is 109 Å². The van der Waals surface area contributed by atoms with Gasteiger partial charge in [0.05, 0.1) is 12.2 Å². The Morgan fingerprint density at radius 3 is 2.16 bits per heavy atom. The largest absolute Gasteiger partial charge is 0.490 e. The van der Waals surface area contributed by atoms with Gasteiger partial charge in [-0.25, -0.2) is 19.0 Å². The van der Waals surface area contributed by atoms with E-state index in [0.717, 1.165) is 38.9 Å². The molecule has 1 unspecified atom stereocenters. The van der Waals surface area contributed by atoms with E-state index in [1.54, 1.807) is 23.6 Å². The Labute approximate surface area is 215 Å². The van der Waals surface area contributed by atoms with Gasteiger partial charge in [0, 0.05) is 32.3 Å². The molecule has 2 saturated heterocycles. The lowest BCUT2D eigenvalue weighted by molar-refractivity contribution is -0.193. The fourth-order valence-corrected chi connectivity index (χ4v) is 4.26. The number of hydrogen-bond donors (Lipinski definition) is 2. The van der Waals surface area contributed by atoms with Crippen LogP contribution < -0.4 is 4.74 Å². The summed E-state index contributed by atoms with van der Waals surface area (Å²) in [5.74, 6) is -5.85. The molecule has 4 heterocycles. The molecule has 1 spiro atoms. The van der Waals surface area contributed by atoms with Crippen LogP contribution in [0.25, 0.3) is 0 Å². The van der Waals surface area contributed by atoms with E-state index in [1.807, 2.05) is 0 Å². The third-order valence-electron chi connectivity index (χ3n) is 5.42. The Morgan fingerprint density at radius 1 is 1.11 bits per heavy atom. The molecule has 2 aliphatic heterocycles. The fourth-order valence-electron chi connectivity index (χ4n) is 3.60. The summed E-state index contributed by atoms with van der Waals surface area (Å²) in [7, 11) is 0. The van der Waals surface area contributed by atoms with E-state index in [-0.39, 0.29) is 17.6 Å². The van der Waals surface area contributed by atoms with Gasteiger partial charge in [-0.1, -0.05) is 0 Å². The average Bonchev–Trinajstić information content (AvgIpc) is 3.47. The van der Waals surface area contributed by atoms with Crippen molar-refractivity contribution in [3.63, 3.8) is 0 Å². The molecule has 0 bridgehead atoms. The van der Waals surface area contributed by atoms with Gasteiger partial charge in [0.2, 0.25) is 0 Å². The molecule has 0 aromatic carbocycles. The Hall–Kier alpha value is -2.98. The Kier molecular flexibility index (Phi) is 10.8. The maximum atomic E-state index is 13.7. The van der Waals surface area contributed by atoms with Gasteiger partial charge in [-0.05, 0) is 47.4 Å². The molecule has 2 fully saturated rings. The summed E-state index contributed by atoms with van der Waals surface area (Å²) < 4.78 is 89.0. The smallest absolute Gasteiger partial charge is 0.475 e. The molecular formula is C22H23F7N2O6S. The zero-order chi connectivity index (χ0) is 28.6. The lowest BCUT2D eigenvalue weighted by Crippen LogP contribution is -2.44. The zero-order valence-corrected chi connectivity index (χ0v) is 20.3. The number of piperidine rings is 1. The molecule has 0 aliphatic carbocycles. The molecule has 2 aromatic rings. The number of hydrogen-bond acceptors (Lipinski definition) is 7. The second kappa shape index (κ2) is 13.2. The second-order valence-corrected chi connectivity index (χ2v) is 9.02. The minimum atomic E-state index is -5.08. The van der Waals surface area contributed by atoms with E-state index in [2.05, 4.69) is 26.7 Å². The van der Waals surface area contributed by atoms with Gasteiger partial charge >= 0.3 is 24.3 Å². The van der Waals surface area contributed by atoms with Crippen LogP contribution in [0.2, 0.25) is 0 Å². The van der Waals surface area contributed by atoms with Crippen molar-refractivity contribution < 1.29 is 60.0 Å². The van der Waals surface area contributed by atoms with Gasteiger partial charge in [-0.15, -0.1) is 0 Å². The number of carboxylic acid groups (broad SMARTS) is 2. The SMILES string of the molecule is Fc1cccnc1OC1COC2(CCN(Cc3ccsc3)CC2)C1.O=C(O)C(F)(F)F.O=C(O)C(F)(F)F. The number of ether oxygens (including phenoxy) is 2. The first kappa shape index (κ1) is 31.2. The highest BCUT2D eigenvalue weighted by Crippen LogP contribution is 2.37. The van der Waals surface area contributed by atoms with Crippen LogP contribution in [-0.2, 0) is 20.9 Å². The normalized spacial score (nSPS) is 19.1. The number of aliphatic carboxylic acids is 2. The number of halogens is 7. The third kappa shape index (κ3) is 10.1. The van der Waals surface area contributed by atoms with Gasteiger partial charge in [-0.3, -0.25) is 4.90 Å². The van der Waals surface area contributed by atoms with Crippen LogP contribution in [-0.4, -0.2) is 75.8 Å². The molecule has 0 amide bonds. The quantitative estimate of drug-likeness (QED) is 0.502. The van der Waals surface area contributed by atoms with Crippen LogP contribution in [0.5, 0.6) is 5.88 Å². The van der Waals surface area contributed by atoms with Gasteiger partial charge in [0.15, 0.2) is 5.82 Å². The van der Waals surface area contributed by atoms with Crippen molar-refractivity contribution in [2.24, 2.45) is 0 Å². The molecule has 1 atom stereocenters. The molecule has 0 saturated carbocycles. The van der Waals surface area contributed by atoms with E-state index in [9.17, 15) is 30.7 Å². The van der Waals surface area contributed by atoms with E-state index < -0.39 is 30.1 Å². The standard InChI is InChI=1S/C18H21FN2O2S.2C2HF3O2/c19-16-2-1-6-20-17(16)23-15-10-18(22-12-15)4-7-21(8-5-18)11-14-3-9-24-13-14;2*3-2(4,5)1(6)7/h1-3,6,9,13,15H,4-5,7-8,10-12H2;2*(H,6,7). The summed E-state index contributed by atoms with van der Waals surface area (Å²) in [5, 5.41) is 18.6. The Balaban J connectivity index is 0.000000301. The number of carbonyl (C=O) groups is 2. The summed E-state index contributed by atoms with van der Waals surface area (Å²) in [6.45, 7) is 3.58. The molecule has 4 rings (SSSR count). The lowest BCUT2D eigenvalue weighted by atomic mass is 9.88. The highest BCUT2D eigenvalue weighted by molar-refractivity contribution is 7.07. The molecule has 16 heteroatoms. The molecule has 38 heavy (non-hydrogen) atoms. The highest BCUT2D eigenvalue weighted by Gasteiger charge is 2.44. The number of likely N-dealkylation sites (tertiary alicyclic amines) is 1. The number of nitrogens with zero attached hydrogens (tertiary/aromatic N) is 2. The maximum Gasteiger partial charge on any atom is 0.490 e. The Bertz CT molecular complexity index is 1020. The first-order valence-corrected chi connectivity index (χ1v) is 11.8. The molecule has 0 radical (unpaired) electrons. The summed E-state index contributed by atoms with van der Waals surface area (Å²) in [6.07, 6.45) is -5.91. The minimum Gasteiger partial charge on any atom is -0.475 e. The number of rotatable bonds is 4. The molecule has 8 nitrogen and oxygen atoms in total. The van der Waals surface area contributed by atoms with E-state index in [0.29, 0.717) is 6.61 Å². The van der Waals surface area contributed by atoms with Crippen LogP contribution in [0.1, 0.15) is 24.8 Å². The summed E-state index contributed by atoms with van der Waals surface area (Å²) in [6, 6.07) is 5.13. The lowest BCUT2D eigenvalue weighted by Gasteiger charge is -2.38. The van der Waals surface area contributed by atoms with Crippen LogP contribution in [0, 0.1) is 5.82 Å². The van der Waals surface area contributed by atoms with Crippen molar-refractivity contribution >= 4 is 23.3 Å². The third-order valence-corrected chi connectivity index (χ3v) is 6.15. The van der Waals surface area contributed by atoms with E-state index in [4.69, 9.17) is 29.3 Å². The van der Waals surface area contributed by atoms with Gasteiger partial charge in [-0.2, -0.15) is 37.7 Å². The number of pyridine rings is 1. The average molecular weight is 576 g/mol. The zero-order valence-electron chi connectivity index (χ0n) is 19.5. The van der Waals surface area contributed by atoms with Crippen LogP contribution in [0.4, 0.5) is 30.7 Å². The van der Waals surface area contributed by atoms with Crippen LogP contribution in [0.15, 0.2) is 35.2 Å². The minimum absolute atomic E-state index is 0.0815. The number of thiophene rings is 1.